The first kappa shape index (κ1) is 16.0. The highest BCUT2D eigenvalue weighted by Crippen LogP contribution is 2.24. The summed E-state index contributed by atoms with van der Waals surface area (Å²) in [7, 11) is -3.03. The number of carbonyl (C=O) groups excluding carboxylic acids is 1. The molecule has 0 bridgehead atoms. The second kappa shape index (κ2) is 6.18. The van der Waals surface area contributed by atoms with Crippen LogP contribution in [-0.2, 0) is 9.84 Å². The molecule has 2 atom stereocenters. The lowest BCUT2D eigenvalue weighted by molar-refractivity contribution is 0.0926. The Hall–Kier alpha value is -1.36. The van der Waals surface area contributed by atoms with Gasteiger partial charge in [0.2, 0.25) is 0 Å². The molecule has 1 aromatic rings. The van der Waals surface area contributed by atoms with Crippen LogP contribution in [0.3, 0.4) is 0 Å². The number of carbonyl (C=O) groups is 1. The normalized spacial score (nSPS) is 22.8. The SMILES string of the molecule is Cc1cccc(C)c1C(=O)N[C@H]1CCC[C@@H](S(C)(=O)=O)C1. The maximum atomic E-state index is 12.5. The van der Waals surface area contributed by atoms with Crippen LogP contribution in [0, 0.1) is 13.8 Å². The molecule has 1 aliphatic carbocycles. The van der Waals surface area contributed by atoms with Gasteiger partial charge in [0.05, 0.1) is 5.25 Å². The van der Waals surface area contributed by atoms with Gasteiger partial charge >= 0.3 is 0 Å². The number of benzene rings is 1. The molecule has 0 saturated heterocycles. The summed E-state index contributed by atoms with van der Waals surface area (Å²) in [4.78, 5) is 12.5. The van der Waals surface area contributed by atoms with Crippen LogP contribution < -0.4 is 5.32 Å². The topological polar surface area (TPSA) is 63.2 Å². The lowest BCUT2D eigenvalue weighted by Crippen LogP contribution is -2.42. The summed E-state index contributed by atoms with van der Waals surface area (Å²) in [6, 6.07) is 5.72. The highest BCUT2D eigenvalue weighted by atomic mass is 32.2. The van der Waals surface area contributed by atoms with Crippen molar-refractivity contribution in [2.45, 2.75) is 50.8 Å². The Morgan fingerprint density at radius 3 is 2.38 bits per heavy atom. The predicted octanol–water partition coefficient (Wildman–Crippen LogP) is 2.39. The van der Waals surface area contributed by atoms with Gasteiger partial charge in [-0.05, 0) is 44.2 Å². The molecule has 0 unspecified atom stereocenters. The van der Waals surface area contributed by atoms with Gasteiger partial charge < -0.3 is 5.32 Å². The van der Waals surface area contributed by atoms with Crippen LogP contribution in [0.25, 0.3) is 0 Å². The first-order chi connectivity index (χ1) is 9.79. The van der Waals surface area contributed by atoms with Crippen LogP contribution in [0.1, 0.15) is 47.2 Å². The number of hydrogen-bond donors (Lipinski definition) is 1. The second-order valence-electron chi connectivity index (χ2n) is 6.06. The number of amides is 1. The fraction of sp³-hybridized carbons (Fsp3) is 0.562. The van der Waals surface area contributed by atoms with E-state index < -0.39 is 9.84 Å². The second-order valence-corrected chi connectivity index (χ2v) is 8.38. The summed E-state index contributed by atoms with van der Waals surface area (Å²) in [6.45, 7) is 3.84. The van der Waals surface area contributed by atoms with Gasteiger partial charge in [0.15, 0.2) is 0 Å². The van der Waals surface area contributed by atoms with E-state index in [0.29, 0.717) is 18.4 Å². The largest absolute Gasteiger partial charge is 0.349 e. The Morgan fingerprint density at radius 2 is 1.81 bits per heavy atom. The van der Waals surface area contributed by atoms with Gasteiger partial charge in [-0.15, -0.1) is 0 Å². The number of nitrogens with one attached hydrogen (secondary N) is 1. The Kier molecular flexibility index (Phi) is 4.71. The van der Waals surface area contributed by atoms with E-state index in [0.717, 1.165) is 24.0 Å². The third kappa shape index (κ3) is 3.84. The minimum absolute atomic E-state index is 0.0509. The fourth-order valence-corrected chi connectivity index (χ4v) is 4.27. The predicted molar refractivity (Wildman–Crippen MR) is 84.3 cm³/mol. The number of hydrogen-bond acceptors (Lipinski definition) is 3. The molecule has 1 aliphatic rings. The minimum Gasteiger partial charge on any atom is -0.349 e. The van der Waals surface area contributed by atoms with Crippen molar-refractivity contribution in [2.24, 2.45) is 0 Å². The van der Waals surface area contributed by atoms with Gasteiger partial charge in [-0.2, -0.15) is 0 Å². The summed E-state index contributed by atoms with van der Waals surface area (Å²) < 4.78 is 23.4. The number of aryl methyl sites for hydroxylation is 2. The third-order valence-corrected chi connectivity index (χ3v) is 5.91. The summed E-state index contributed by atoms with van der Waals surface area (Å²) in [5.41, 5.74) is 2.60. The quantitative estimate of drug-likeness (QED) is 0.932. The van der Waals surface area contributed by atoms with Crippen LogP contribution in [0.2, 0.25) is 0 Å². The van der Waals surface area contributed by atoms with Crippen molar-refractivity contribution in [3.05, 3.63) is 34.9 Å². The van der Waals surface area contributed by atoms with Gasteiger partial charge in [0, 0.05) is 17.9 Å². The average Bonchev–Trinajstić information content (AvgIpc) is 2.37. The van der Waals surface area contributed by atoms with E-state index in [1.807, 2.05) is 32.0 Å². The van der Waals surface area contributed by atoms with Crippen LogP contribution in [0.15, 0.2) is 18.2 Å². The van der Waals surface area contributed by atoms with E-state index in [-0.39, 0.29) is 17.2 Å². The molecule has 1 saturated carbocycles. The molecule has 0 heterocycles. The molecular formula is C16H23NO3S. The van der Waals surface area contributed by atoms with Crippen molar-refractivity contribution in [2.75, 3.05) is 6.26 Å². The molecule has 116 valence electrons. The summed E-state index contributed by atoms with van der Waals surface area (Å²) >= 11 is 0. The molecule has 1 N–H and O–H groups in total. The van der Waals surface area contributed by atoms with E-state index in [1.54, 1.807) is 0 Å². The minimum atomic E-state index is -3.03. The van der Waals surface area contributed by atoms with E-state index in [4.69, 9.17) is 0 Å². The third-order valence-electron chi connectivity index (χ3n) is 4.27. The molecule has 0 spiro atoms. The molecular weight excluding hydrogens is 286 g/mol. The number of rotatable bonds is 3. The monoisotopic (exact) mass is 309 g/mol. The molecule has 4 nitrogen and oxygen atoms in total. The van der Waals surface area contributed by atoms with Crippen LogP contribution in [0.5, 0.6) is 0 Å². The van der Waals surface area contributed by atoms with Gasteiger partial charge in [0.1, 0.15) is 9.84 Å². The van der Waals surface area contributed by atoms with E-state index in [1.165, 1.54) is 6.26 Å². The summed E-state index contributed by atoms with van der Waals surface area (Å²) in [6.07, 6.45) is 4.20. The Labute approximate surface area is 126 Å². The molecule has 0 aliphatic heterocycles. The molecule has 2 rings (SSSR count). The van der Waals surface area contributed by atoms with E-state index in [2.05, 4.69) is 5.32 Å². The molecule has 1 fully saturated rings. The first-order valence-electron chi connectivity index (χ1n) is 7.35. The van der Waals surface area contributed by atoms with Crippen molar-refractivity contribution < 1.29 is 13.2 Å². The van der Waals surface area contributed by atoms with Gasteiger partial charge in [0.25, 0.3) is 5.91 Å². The molecule has 0 aromatic heterocycles. The first-order valence-corrected chi connectivity index (χ1v) is 9.30. The van der Waals surface area contributed by atoms with Gasteiger partial charge in [-0.1, -0.05) is 24.6 Å². The summed E-state index contributed by atoms with van der Waals surface area (Å²) in [5, 5.41) is 2.69. The van der Waals surface area contributed by atoms with Crippen LogP contribution in [0.4, 0.5) is 0 Å². The van der Waals surface area contributed by atoms with Crippen LogP contribution >= 0.6 is 0 Å². The van der Waals surface area contributed by atoms with Crippen molar-refractivity contribution in [1.29, 1.82) is 0 Å². The molecule has 5 heteroatoms. The zero-order valence-electron chi connectivity index (χ0n) is 12.8. The van der Waals surface area contributed by atoms with Crippen molar-refractivity contribution in [1.82, 2.24) is 5.32 Å². The molecule has 21 heavy (non-hydrogen) atoms. The average molecular weight is 309 g/mol. The highest BCUT2D eigenvalue weighted by molar-refractivity contribution is 7.91. The Morgan fingerprint density at radius 1 is 1.19 bits per heavy atom. The summed E-state index contributed by atoms with van der Waals surface area (Å²) in [5.74, 6) is -0.0928. The van der Waals surface area contributed by atoms with E-state index in [9.17, 15) is 13.2 Å². The highest BCUT2D eigenvalue weighted by Gasteiger charge is 2.30. The lowest BCUT2D eigenvalue weighted by atomic mass is 9.94. The van der Waals surface area contributed by atoms with Crippen molar-refractivity contribution in [3.63, 3.8) is 0 Å². The van der Waals surface area contributed by atoms with Crippen molar-refractivity contribution in [3.8, 4) is 0 Å². The maximum absolute atomic E-state index is 12.5. The standard InChI is InChI=1S/C16H23NO3S/c1-11-6-4-7-12(2)15(11)16(18)17-13-8-5-9-14(10-13)21(3,19)20/h4,6-7,13-14H,5,8-10H2,1-3H3,(H,17,18)/t13-,14+/m0/s1. The lowest BCUT2D eigenvalue weighted by Gasteiger charge is -2.29. The zero-order chi connectivity index (χ0) is 15.6. The fourth-order valence-electron chi connectivity index (χ4n) is 3.10. The van der Waals surface area contributed by atoms with Gasteiger partial charge in [-0.25, -0.2) is 8.42 Å². The van der Waals surface area contributed by atoms with Crippen molar-refractivity contribution >= 4 is 15.7 Å². The smallest absolute Gasteiger partial charge is 0.252 e. The molecule has 1 aromatic carbocycles. The molecule has 1 amide bonds. The van der Waals surface area contributed by atoms with Gasteiger partial charge in [-0.3, -0.25) is 4.79 Å². The van der Waals surface area contributed by atoms with E-state index >= 15 is 0 Å². The maximum Gasteiger partial charge on any atom is 0.252 e. The Bertz CT molecular complexity index is 617. The number of sulfone groups is 1. The van der Waals surface area contributed by atoms with Crippen LogP contribution in [-0.4, -0.2) is 31.9 Å². The zero-order valence-corrected chi connectivity index (χ0v) is 13.7. The molecule has 0 radical (unpaired) electrons. The Balaban J connectivity index is 2.10.